The summed E-state index contributed by atoms with van der Waals surface area (Å²) in [6.45, 7) is 1.81. The number of terminal acetylenes is 1. The van der Waals surface area contributed by atoms with E-state index in [0.717, 1.165) is 6.42 Å². The Hall–Kier alpha value is -1.70. The molecule has 5 nitrogen and oxygen atoms in total. The van der Waals surface area contributed by atoms with Gasteiger partial charge in [0.1, 0.15) is 0 Å². The maximum atomic E-state index is 11.6. The lowest BCUT2D eigenvalue weighted by atomic mass is 10.0. The second kappa shape index (κ2) is 6.14. The standard InChI is InChI=1S/C12H18N2O3/c1-3-5-8(2)13-12(17)14-10-7-4-6-9(10)11(15)16/h1,8-10H,4-7H2,2H3,(H,15,16)(H2,13,14,17). The van der Waals surface area contributed by atoms with E-state index in [2.05, 4.69) is 16.6 Å². The number of carbonyl (C=O) groups excluding carboxylic acids is 1. The van der Waals surface area contributed by atoms with Crippen molar-refractivity contribution in [3.63, 3.8) is 0 Å². The number of aliphatic carboxylic acids is 1. The van der Waals surface area contributed by atoms with E-state index in [1.165, 1.54) is 0 Å². The number of amides is 2. The average Bonchev–Trinajstić information content (AvgIpc) is 2.65. The monoisotopic (exact) mass is 238 g/mol. The number of rotatable bonds is 4. The van der Waals surface area contributed by atoms with E-state index in [1.807, 2.05) is 6.92 Å². The van der Waals surface area contributed by atoms with E-state index >= 15 is 0 Å². The normalized spacial score (nSPS) is 24.7. The van der Waals surface area contributed by atoms with Crippen LogP contribution < -0.4 is 10.6 Å². The number of carbonyl (C=O) groups is 2. The number of urea groups is 1. The van der Waals surface area contributed by atoms with Crippen LogP contribution >= 0.6 is 0 Å². The number of hydrogen-bond donors (Lipinski definition) is 3. The molecule has 0 saturated heterocycles. The minimum Gasteiger partial charge on any atom is -0.481 e. The second-order valence-corrected chi connectivity index (χ2v) is 4.41. The highest BCUT2D eigenvalue weighted by atomic mass is 16.4. The van der Waals surface area contributed by atoms with Crippen LogP contribution in [0.3, 0.4) is 0 Å². The zero-order chi connectivity index (χ0) is 12.8. The molecule has 1 aliphatic carbocycles. The molecule has 0 spiro atoms. The van der Waals surface area contributed by atoms with Crippen LogP contribution in [0, 0.1) is 18.3 Å². The topological polar surface area (TPSA) is 78.4 Å². The third kappa shape index (κ3) is 3.99. The van der Waals surface area contributed by atoms with Gasteiger partial charge in [-0.25, -0.2) is 4.79 Å². The van der Waals surface area contributed by atoms with Crippen molar-refractivity contribution < 1.29 is 14.7 Å². The van der Waals surface area contributed by atoms with Gasteiger partial charge in [0.05, 0.1) is 5.92 Å². The van der Waals surface area contributed by atoms with E-state index in [4.69, 9.17) is 11.5 Å². The SMILES string of the molecule is C#CCC(C)NC(=O)NC1CCCC1C(=O)O. The summed E-state index contributed by atoms with van der Waals surface area (Å²) in [5.41, 5.74) is 0. The molecule has 1 fully saturated rings. The Morgan fingerprint density at radius 2 is 2.24 bits per heavy atom. The lowest BCUT2D eigenvalue weighted by Gasteiger charge is -2.19. The molecule has 1 rings (SSSR count). The fourth-order valence-electron chi connectivity index (χ4n) is 2.09. The summed E-state index contributed by atoms with van der Waals surface area (Å²) in [5.74, 6) is 1.14. The van der Waals surface area contributed by atoms with Gasteiger partial charge in [0.15, 0.2) is 0 Å². The molecular weight excluding hydrogens is 220 g/mol. The molecule has 5 heteroatoms. The molecule has 3 atom stereocenters. The van der Waals surface area contributed by atoms with Gasteiger partial charge >= 0.3 is 12.0 Å². The van der Waals surface area contributed by atoms with Crippen molar-refractivity contribution in [2.45, 2.75) is 44.7 Å². The molecule has 1 aliphatic rings. The van der Waals surface area contributed by atoms with Gasteiger partial charge in [-0.15, -0.1) is 12.3 Å². The van der Waals surface area contributed by atoms with E-state index in [-0.39, 0.29) is 18.1 Å². The minimum atomic E-state index is -0.843. The highest BCUT2D eigenvalue weighted by molar-refractivity contribution is 5.77. The third-order valence-corrected chi connectivity index (χ3v) is 2.95. The molecule has 3 unspecified atom stereocenters. The van der Waals surface area contributed by atoms with Crippen molar-refractivity contribution >= 4 is 12.0 Å². The van der Waals surface area contributed by atoms with Gasteiger partial charge in [-0.2, -0.15) is 0 Å². The van der Waals surface area contributed by atoms with E-state index in [1.54, 1.807) is 0 Å². The van der Waals surface area contributed by atoms with Crippen LogP contribution in [0.4, 0.5) is 4.79 Å². The lowest BCUT2D eigenvalue weighted by molar-refractivity contribution is -0.142. The van der Waals surface area contributed by atoms with Crippen molar-refractivity contribution in [1.29, 1.82) is 0 Å². The molecule has 0 aromatic rings. The molecule has 94 valence electrons. The van der Waals surface area contributed by atoms with Gasteiger partial charge in [0.2, 0.25) is 0 Å². The van der Waals surface area contributed by atoms with Gasteiger partial charge < -0.3 is 15.7 Å². The molecule has 0 aromatic carbocycles. The first kappa shape index (κ1) is 13.4. The fraction of sp³-hybridized carbons (Fsp3) is 0.667. The first-order valence-electron chi connectivity index (χ1n) is 5.78. The van der Waals surface area contributed by atoms with Crippen LogP contribution in [0.1, 0.15) is 32.6 Å². The maximum absolute atomic E-state index is 11.6. The van der Waals surface area contributed by atoms with Gasteiger partial charge in [-0.05, 0) is 19.8 Å². The molecule has 1 saturated carbocycles. The van der Waals surface area contributed by atoms with Gasteiger partial charge in [0.25, 0.3) is 0 Å². The Morgan fingerprint density at radius 1 is 1.53 bits per heavy atom. The molecule has 2 amide bonds. The highest BCUT2D eigenvalue weighted by Crippen LogP contribution is 2.25. The number of carboxylic acids is 1. The molecule has 0 aromatic heterocycles. The quantitative estimate of drug-likeness (QED) is 0.638. The summed E-state index contributed by atoms with van der Waals surface area (Å²) in [5, 5.41) is 14.3. The van der Waals surface area contributed by atoms with Crippen molar-refractivity contribution in [2.75, 3.05) is 0 Å². The summed E-state index contributed by atoms with van der Waals surface area (Å²) >= 11 is 0. The predicted molar refractivity (Wildman–Crippen MR) is 63.3 cm³/mol. The number of hydrogen-bond acceptors (Lipinski definition) is 2. The maximum Gasteiger partial charge on any atom is 0.315 e. The van der Waals surface area contributed by atoms with Crippen LogP contribution in [0.25, 0.3) is 0 Å². The molecule has 0 heterocycles. The van der Waals surface area contributed by atoms with E-state index in [0.29, 0.717) is 19.3 Å². The molecule has 0 aliphatic heterocycles. The Kier molecular flexibility index (Phi) is 4.83. The lowest BCUT2D eigenvalue weighted by Crippen LogP contribution is -2.47. The van der Waals surface area contributed by atoms with E-state index < -0.39 is 11.9 Å². The summed E-state index contributed by atoms with van der Waals surface area (Å²) < 4.78 is 0. The van der Waals surface area contributed by atoms with Crippen LogP contribution in [0.5, 0.6) is 0 Å². The molecule has 17 heavy (non-hydrogen) atoms. The molecule has 3 N–H and O–H groups in total. The zero-order valence-corrected chi connectivity index (χ0v) is 9.90. The van der Waals surface area contributed by atoms with Gasteiger partial charge in [0, 0.05) is 18.5 Å². The van der Waals surface area contributed by atoms with E-state index in [9.17, 15) is 9.59 Å². The summed E-state index contributed by atoms with van der Waals surface area (Å²) in [6.07, 6.45) is 7.77. The first-order chi connectivity index (χ1) is 8.04. The van der Waals surface area contributed by atoms with Crippen molar-refractivity contribution in [3.8, 4) is 12.3 Å². The van der Waals surface area contributed by atoms with Crippen molar-refractivity contribution in [1.82, 2.24) is 10.6 Å². The Bertz CT molecular complexity index is 335. The Balaban J connectivity index is 2.40. The highest BCUT2D eigenvalue weighted by Gasteiger charge is 2.33. The zero-order valence-electron chi connectivity index (χ0n) is 9.90. The summed E-state index contributed by atoms with van der Waals surface area (Å²) in [7, 11) is 0. The third-order valence-electron chi connectivity index (χ3n) is 2.95. The number of carboxylic acid groups (broad SMARTS) is 1. The summed E-state index contributed by atoms with van der Waals surface area (Å²) in [6, 6.07) is -0.721. The average molecular weight is 238 g/mol. The Morgan fingerprint density at radius 3 is 2.82 bits per heavy atom. The van der Waals surface area contributed by atoms with Gasteiger partial charge in [-0.1, -0.05) is 6.42 Å². The largest absolute Gasteiger partial charge is 0.481 e. The van der Waals surface area contributed by atoms with Crippen molar-refractivity contribution in [3.05, 3.63) is 0 Å². The van der Waals surface area contributed by atoms with Crippen LogP contribution in [0.15, 0.2) is 0 Å². The Labute approximate surface area is 101 Å². The van der Waals surface area contributed by atoms with Crippen molar-refractivity contribution in [2.24, 2.45) is 5.92 Å². The van der Waals surface area contributed by atoms with Crippen LogP contribution in [-0.4, -0.2) is 29.2 Å². The fourth-order valence-corrected chi connectivity index (χ4v) is 2.09. The minimum absolute atomic E-state index is 0.107. The first-order valence-corrected chi connectivity index (χ1v) is 5.78. The van der Waals surface area contributed by atoms with Crippen LogP contribution in [0.2, 0.25) is 0 Å². The smallest absolute Gasteiger partial charge is 0.315 e. The van der Waals surface area contributed by atoms with Crippen LogP contribution in [-0.2, 0) is 4.79 Å². The molecular formula is C12H18N2O3. The second-order valence-electron chi connectivity index (χ2n) is 4.41. The molecule has 0 radical (unpaired) electrons. The molecule has 0 bridgehead atoms. The van der Waals surface area contributed by atoms with Gasteiger partial charge in [-0.3, -0.25) is 4.79 Å². The summed E-state index contributed by atoms with van der Waals surface area (Å²) in [4.78, 5) is 22.5. The predicted octanol–water partition coefficient (Wildman–Crippen LogP) is 0.951. The number of nitrogens with one attached hydrogen (secondary N) is 2.